The monoisotopic (exact) mass is 533 g/mol. The van der Waals surface area contributed by atoms with Crippen LogP contribution < -0.4 is 15.4 Å². The minimum atomic E-state index is -1.25. The van der Waals surface area contributed by atoms with Crippen molar-refractivity contribution in [3.05, 3.63) is 72.1 Å². The van der Waals surface area contributed by atoms with Crippen molar-refractivity contribution >= 4 is 23.4 Å². The van der Waals surface area contributed by atoms with E-state index in [1.807, 2.05) is 0 Å². The highest BCUT2D eigenvalue weighted by molar-refractivity contribution is 6.02. The van der Waals surface area contributed by atoms with Crippen LogP contribution in [0.4, 0.5) is 10.1 Å². The number of nitrogens with zero attached hydrogens (tertiary/aromatic N) is 1. The predicted octanol–water partition coefficient (Wildman–Crippen LogP) is 3.57. The van der Waals surface area contributed by atoms with E-state index in [1.165, 1.54) is 17.0 Å². The number of methoxy groups -OCH3 is 1. The summed E-state index contributed by atoms with van der Waals surface area (Å²) < 4.78 is 25.2. The van der Waals surface area contributed by atoms with Crippen molar-refractivity contribution in [3.8, 4) is 5.75 Å². The van der Waals surface area contributed by atoms with Gasteiger partial charge in [0, 0.05) is 18.3 Å². The molecule has 2 N–H and O–H groups in total. The van der Waals surface area contributed by atoms with Crippen LogP contribution in [0.1, 0.15) is 37.7 Å². The van der Waals surface area contributed by atoms with Gasteiger partial charge in [0.2, 0.25) is 17.7 Å². The average molecular weight is 534 g/mol. The number of nitrogens with one attached hydrogen (secondary N) is 2. The van der Waals surface area contributed by atoms with E-state index in [4.69, 9.17) is 9.47 Å². The molecular formula is C30H32FN3O5. The van der Waals surface area contributed by atoms with Crippen LogP contribution >= 0.6 is 0 Å². The molecule has 3 amide bonds. The molecule has 2 aromatic rings. The highest BCUT2D eigenvalue weighted by Crippen LogP contribution is 2.55. The molecule has 5 atom stereocenters. The Bertz CT molecular complexity index is 1290. The molecule has 8 nitrogen and oxygen atoms in total. The Hall–Kier alpha value is -3.72. The summed E-state index contributed by atoms with van der Waals surface area (Å²) in [5.74, 6) is -2.31. The molecule has 3 fully saturated rings. The van der Waals surface area contributed by atoms with Gasteiger partial charge in [-0.2, -0.15) is 0 Å². The van der Waals surface area contributed by atoms with E-state index in [-0.39, 0.29) is 36.1 Å². The smallest absolute Gasteiger partial charge is 0.246 e. The van der Waals surface area contributed by atoms with Crippen molar-refractivity contribution in [3.63, 3.8) is 0 Å². The Kier molecular flexibility index (Phi) is 6.62. The fourth-order valence-corrected chi connectivity index (χ4v) is 6.65. The van der Waals surface area contributed by atoms with Gasteiger partial charge in [-0.3, -0.25) is 14.4 Å². The number of amides is 3. The number of carbonyl (C=O) groups is 3. The first-order chi connectivity index (χ1) is 18.9. The topological polar surface area (TPSA) is 97.0 Å². The number of halogens is 1. The number of ether oxygens (including phenoxy) is 2. The highest BCUT2D eigenvalue weighted by Gasteiger charge is 2.72. The van der Waals surface area contributed by atoms with Crippen molar-refractivity contribution in [2.24, 2.45) is 11.8 Å². The van der Waals surface area contributed by atoms with Gasteiger partial charge in [-0.1, -0.05) is 43.5 Å². The molecule has 1 spiro atoms. The summed E-state index contributed by atoms with van der Waals surface area (Å²) in [6.07, 6.45) is 8.02. The van der Waals surface area contributed by atoms with Crippen LogP contribution in [0.25, 0.3) is 0 Å². The van der Waals surface area contributed by atoms with Gasteiger partial charge in [-0.15, -0.1) is 0 Å². The molecule has 2 bridgehead atoms. The molecule has 2 saturated heterocycles. The van der Waals surface area contributed by atoms with Crippen LogP contribution in [-0.2, 0) is 25.7 Å². The van der Waals surface area contributed by atoms with Gasteiger partial charge in [0.15, 0.2) is 0 Å². The molecule has 9 heteroatoms. The van der Waals surface area contributed by atoms with Gasteiger partial charge in [0.05, 0.1) is 25.0 Å². The molecule has 3 heterocycles. The Morgan fingerprint density at radius 3 is 2.46 bits per heavy atom. The maximum absolute atomic E-state index is 14.1. The number of benzene rings is 2. The van der Waals surface area contributed by atoms with Crippen molar-refractivity contribution in [2.45, 2.75) is 62.4 Å². The number of fused-ring (bicyclic) bond motifs is 1. The Balaban J connectivity index is 1.30. The second-order valence-electron chi connectivity index (χ2n) is 10.9. The molecule has 6 rings (SSSR count). The lowest BCUT2D eigenvalue weighted by Gasteiger charge is -2.34. The van der Waals surface area contributed by atoms with Crippen LogP contribution in [0.3, 0.4) is 0 Å². The summed E-state index contributed by atoms with van der Waals surface area (Å²) in [6, 6.07) is 11.9. The lowest BCUT2D eigenvalue weighted by molar-refractivity contribution is -0.142. The van der Waals surface area contributed by atoms with Gasteiger partial charge in [0.1, 0.15) is 23.2 Å². The third-order valence-corrected chi connectivity index (χ3v) is 8.50. The Morgan fingerprint density at radius 2 is 1.77 bits per heavy atom. The van der Waals surface area contributed by atoms with E-state index in [0.717, 1.165) is 32.1 Å². The Labute approximate surface area is 226 Å². The van der Waals surface area contributed by atoms with E-state index in [0.29, 0.717) is 17.0 Å². The summed E-state index contributed by atoms with van der Waals surface area (Å²) in [5.41, 5.74) is 0.0128. The number of anilines is 1. The zero-order valence-corrected chi connectivity index (χ0v) is 21.8. The average Bonchev–Trinajstić information content (AvgIpc) is 3.58. The lowest BCUT2D eigenvalue weighted by Crippen LogP contribution is -2.56. The molecule has 39 heavy (non-hydrogen) atoms. The van der Waals surface area contributed by atoms with E-state index < -0.39 is 29.6 Å². The maximum Gasteiger partial charge on any atom is 0.246 e. The van der Waals surface area contributed by atoms with Crippen molar-refractivity contribution < 1.29 is 28.2 Å². The van der Waals surface area contributed by atoms with Crippen LogP contribution in [0.15, 0.2) is 60.7 Å². The number of hydrogen-bond donors (Lipinski definition) is 2. The summed E-state index contributed by atoms with van der Waals surface area (Å²) in [5, 5.41) is 6.08. The molecule has 0 radical (unpaired) electrons. The van der Waals surface area contributed by atoms with Crippen LogP contribution in [-0.4, -0.2) is 53.5 Å². The minimum Gasteiger partial charge on any atom is -0.497 e. The quantitative estimate of drug-likeness (QED) is 0.531. The largest absolute Gasteiger partial charge is 0.497 e. The zero-order valence-electron chi connectivity index (χ0n) is 21.8. The fourth-order valence-electron chi connectivity index (χ4n) is 6.65. The first-order valence-corrected chi connectivity index (χ1v) is 13.6. The normalized spacial score (nSPS) is 29.4. The molecule has 0 aromatic heterocycles. The molecule has 3 aliphatic heterocycles. The first-order valence-electron chi connectivity index (χ1n) is 13.6. The second-order valence-corrected chi connectivity index (χ2v) is 10.9. The van der Waals surface area contributed by atoms with Crippen molar-refractivity contribution in [1.82, 2.24) is 10.2 Å². The maximum atomic E-state index is 14.1. The van der Waals surface area contributed by atoms with Crippen molar-refractivity contribution in [2.75, 3.05) is 12.4 Å². The molecule has 1 aliphatic carbocycles. The molecule has 2 aromatic carbocycles. The van der Waals surface area contributed by atoms with Gasteiger partial charge in [-0.25, -0.2) is 4.39 Å². The van der Waals surface area contributed by atoms with Crippen LogP contribution in [0.5, 0.6) is 5.75 Å². The van der Waals surface area contributed by atoms with Crippen LogP contribution in [0.2, 0.25) is 0 Å². The number of likely N-dealkylation sites (tertiary alicyclic amines) is 1. The third kappa shape index (κ3) is 4.48. The first kappa shape index (κ1) is 25.6. The molecular weight excluding hydrogens is 501 g/mol. The number of hydrogen-bond acceptors (Lipinski definition) is 5. The summed E-state index contributed by atoms with van der Waals surface area (Å²) >= 11 is 0. The highest BCUT2D eigenvalue weighted by atomic mass is 19.1. The number of rotatable bonds is 7. The molecule has 4 aliphatic rings. The lowest BCUT2D eigenvalue weighted by atomic mass is 9.74. The Morgan fingerprint density at radius 1 is 1.05 bits per heavy atom. The standard InChI is InChI=1S/C30H32FN3O5/c1-38-22-13-11-21(12-14-22)32-27(35)24-23-15-16-30(39-23)25(24)29(37)34(17-18-7-9-19(31)10-8-18)26(30)28(36)33-20-5-3-2-4-6-20/h7-16,20,23-26H,2-6,17H2,1H3,(H,32,35)(H,33,36)/t23-,24+,25-,26+,30-/m0/s1. The number of carbonyl (C=O) groups excluding carboxylic acids is 3. The van der Waals surface area contributed by atoms with Crippen LogP contribution in [0, 0.1) is 17.7 Å². The van der Waals surface area contributed by atoms with Gasteiger partial charge in [-0.05, 0) is 54.8 Å². The van der Waals surface area contributed by atoms with Gasteiger partial charge < -0.3 is 25.0 Å². The van der Waals surface area contributed by atoms with Gasteiger partial charge >= 0.3 is 0 Å². The summed E-state index contributed by atoms with van der Waals surface area (Å²) in [4.78, 5) is 43.0. The second kappa shape index (κ2) is 10.1. The molecule has 204 valence electrons. The van der Waals surface area contributed by atoms with E-state index in [9.17, 15) is 18.8 Å². The van der Waals surface area contributed by atoms with Gasteiger partial charge in [0.25, 0.3) is 0 Å². The van der Waals surface area contributed by atoms with E-state index in [2.05, 4.69) is 10.6 Å². The fraction of sp³-hybridized carbons (Fsp3) is 0.433. The molecule has 0 unspecified atom stereocenters. The van der Waals surface area contributed by atoms with Crippen molar-refractivity contribution in [1.29, 1.82) is 0 Å². The minimum absolute atomic E-state index is 0.0428. The van der Waals surface area contributed by atoms with E-state index >= 15 is 0 Å². The SMILES string of the molecule is COc1ccc(NC(=O)[C@@H]2[C@@H]3C=C[C@]4(O3)[C@@H]2C(=O)N(Cc2ccc(F)cc2)[C@@H]4C(=O)NC2CCCCC2)cc1. The zero-order chi connectivity index (χ0) is 27.1. The van der Waals surface area contributed by atoms with E-state index in [1.54, 1.807) is 55.7 Å². The molecule has 1 saturated carbocycles. The predicted molar refractivity (Wildman–Crippen MR) is 141 cm³/mol. The summed E-state index contributed by atoms with van der Waals surface area (Å²) in [7, 11) is 1.57. The summed E-state index contributed by atoms with van der Waals surface area (Å²) in [6.45, 7) is 0.106. The third-order valence-electron chi connectivity index (χ3n) is 8.50.